The molecule has 6 heteroatoms. The van der Waals surface area contributed by atoms with Crippen LogP contribution in [0.4, 0.5) is 13.2 Å². The maximum Gasteiger partial charge on any atom is 0.391 e. The van der Waals surface area contributed by atoms with Crippen LogP contribution in [-0.2, 0) is 0 Å². The molecule has 17 heavy (non-hydrogen) atoms. The Morgan fingerprint density at radius 3 is 2.59 bits per heavy atom. The van der Waals surface area contributed by atoms with Gasteiger partial charge in [-0.25, -0.2) is 0 Å². The van der Waals surface area contributed by atoms with E-state index in [0.717, 1.165) is 13.1 Å². The van der Waals surface area contributed by atoms with E-state index in [1.165, 1.54) is 6.26 Å². The van der Waals surface area contributed by atoms with Gasteiger partial charge in [0.05, 0.1) is 18.7 Å². The topological polar surface area (TPSA) is 28.4 Å². The number of furan rings is 1. The lowest BCUT2D eigenvalue weighted by Crippen LogP contribution is -2.46. The van der Waals surface area contributed by atoms with Crippen molar-refractivity contribution in [3.8, 4) is 0 Å². The van der Waals surface area contributed by atoms with Crippen LogP contribution in [0.5, 0.6) is 0 Å². The number of halogens is 3. The minimum atomic E-state index is -4.18. The van der Waals surface area contributed by atoms with Crippen LogP contribution in [0.3, 0.4) is 0 Å². The lowest BCUT2D eigenvalue weighted by Gasteiger charge is -2.34. The summed E-state index contributed by atoms with van der Waals surface area (Å²) in [6.07, 6.45) is -3.62. The van der Waals surface area contributed by atoms with Crippen LogP contribution in [0.25, 0.3) is 0 Å². The zero-order valence-electron chi connectivity index (χ0n) is 9.33. The quantitative estimate of drug-likeness (QED) is 0.888. The number of nitrogens with one attached hydrogen (secondary N) is 1. The maximum atomic E-state index is 12.6. The molecule has 1 aliphatic heterocycles. The standard InChI is InChI=1S/C11H15F3N2O/c12-11(13,14)8-9(10-2-1-7-17-10)16-5-3-15-4-6-16/h1-2,7,9,15H,3-6,8H2/t9-/m1/s1. The summed E-state index contributed by atoms with van der Waals surface area (Å²) in [4.78, 5) is 1.82. The van der Waals surface area contributed by atoms with Crippen LogP contribution in [0, 0.1) is 0 Å². The van der Waals surface area contributed by atoms with Crippen LogP contribution in [-0.4, -0.2) is 37.3 Å². The molecule has 1 N–H and O–H groups in total. The molecule has 2 heterocycles. The molecule has 1 saturated heterocycles. The molecule has 1 fully saturated rings. The first-order valence-corrected chi connectivity index (χ1v) is 5.61. The highest BCUT2D eigenvalue weighted by atomic mass is 19.4. The van der Waals surface area contributed by atoms with Gasteiger partial charge in [-0.05, 0) is 12.1 Å². The summed E-state index contributed by atoms with van der Waals surface area (Å²) >= 11 is 0. The average molecular weight is 248 g/mol. The van der Waals surface area contributed by atoms with Crippen molar-refractivity contribution in [2.75, 3.05) is 26.2 Å². The van der Waals surface area contributed by atoms with Crippen LogP contribution in [0.1, 0.15) is 18.2 Å². The van der Waals surface area contributed by atoms with Crippen molar-refractivity contribution in [1.82, 2.24) is 10.2 Å². The molecule has 1 aromatic heterocycles. The van der Waals surface area contributed by atoms with E-state index in [2.05, 4.69) is 5.32 Å². The van der Waals surface area contributed by atoms with E-state index in [1.54, 1.807) is 12.1 Å². The van der Waals surface area contributed by atoms with Gasteiger partial charge in [-0.15, -0.1) is 0 Å². The Hall–Kier alpha value is -1.01. The van der Waals surface area contributed by atoms with Gasteiger partial charge in [-0.1, -0.05) is 0 Å². The number of piperazine rings is 1. The van der Waals surface area contributed by atoms with E-state index < -0.39 is 18.6 Å². The summed E-state index contributed by atoms with van der Waals surface area (Å²) in [5.74, 6) is 0.393. The SMILES string of the molecule is FC(F)(F)C[C@H](c1ccco1)N1CCNCC1. The summed E-state index contributed by atoms with van der Waals surface area (Å²) in [5.41, 5.74) is 0. The Balaban J connectivity index is 2.12. The summed E-state index contributed by atoms with van der Waals surface area (Å²) in [6.45, 7) is 2.66. The summed E-state index contributed by atoms with van der Waals surface area (Å²) in [7, 11) is 0. The monoisotopic (exact) mass is 248 g/mol. The van der Waals surface area contributed by atoms with Gasteiger partial charge in [0.2, 0.25) is 0 Å². The zero-order valence-corrected chi connectivity index (χ0v) is 9.33. The van der Waals surface area contributed by atoms with E-state index in [-0.39, 0.29) is 0 Å². The number of alkyl halides is 3. The highest BCUT2D eigenvalue weighted by Gasteiger charge is 2.37. The van der Waals surface area contributed by atoms with Crippen molar-refractivity contribution < 1.29 is 17.6 Å². The highest BCUT2D eigenvalue weighted by molar-refractivity contribution is 5.06. The summed E-state index contributed by atoms with van der Waals surface area (Å²) < 4.78 is 42.8. The minimum Gasteiger partial charge on any atom is -0.468 e. The number of rotatable bonds is 3. The maximum absolute atomic E-state index is 12.6. The number of nitrogens with zero attached hydrogens (tertiary/aromatic N) is 1. The smallest absolute Gasteiger partial charge is 0.391 e. The predicted octanol–water partition coefficient (Wildman–Crippen LogP) is 2.18. The molecular weight excluding hydrogens is 233 g/mol. The van der Waals surface area contributed by atoms with Gasteiger partial charge < -0.3 is 9.73 Å². The third kappa shape index (κ3) is 3.47. The Labute approximate surface area is 97.6 Å². The van der Waals surface area contributed by atoms with Crippen molar-refractivity contribution in [3.63, 3.8) is 0 Å². The normalized spacial score (nSPS) is 20.4. The van der Waals surface area contributed by atoms with Gasteiger partial charge in [0.15, 0.2) is 0 Å². The Kier molecular flexibility index (Phi) is 3.73. The first-order chi connectivity index (χ1) is 8.06. The van der Waals surface area contributed by atoms with Crippen molar-refractivity contribution in [2.45, 2.75) is 18.6 Å². The molecule has 1 atom stereocenters. The lowest BCUT2D eigenvalue weighted by molar-refractivity contribution is -0.150. The molecular formula is C11H15F3N2O. The first kappa shape index (κ1) is 12.4. The molecule has 3 nitrogen and oxygen atoms in total. The van der Waals surface area contributed by atoms with Gasteiger partial charge >= 0.3 is 6.18 Å². The fraction of sp³-hybridized carbons (Fsp3) is 0.636. The number of hydrogen-bond acceptors (Lipinski definition) is 3. The van der Waals surface area contributed by atoms with E-state index in [9.17, 15) is 13.2 Å². The molecule has 1 aliphatic rings. The Bertz CT molecular complexity index is 331. The molecule has 0 unspecified atom stereocenters. The molecule has 96 valence electrons. The van der Waals surface area contributed by atoms with Gasteiger partial charge in [0.1, 0.15) is 5.76 Å². The van der Waals surface area contributed by atoms with Crippen molar-refractivity contribution in [3.05, 3.63) is 24.2 Å². The van der Waals surface area contributed by atoms with E-state index >= 15 is 0 Å². The Morgan fingerprint density at radius 2 is 2.06 bits per heavy atom. The summed E-state index contributed by atoms with van der Waals surface area (Å²) in [5, 5.41) is 3.12. The second-order valence-corrected chi connectivity index (χ2v) is 4.14. The third-order valence-electron chi connectivity index (χ3n) is 2.89. The molecule has 0 spiro atoms. The lowest BCUT2D eigenvalue weighted by atomic mass is 10.1. The highest BCUT2D eigenvalue weighted by Crippen LogP contribution is 2.34. The van der Waals surface area contributed by atoms with Gasteiger partial charge in [-0.3, -0.25) is 4.90 Å². The largest absolute Gasteiger partial charge is 0.468 e. The molecule has 2 rings (SSSR count). The van der Waals surface area contributed by atoms with E-state index in [1.807, 2.05) is 4.90 Å². The fourth-order valence-corrected chi connectivity index (χ4v) is 2.10. The first-order valence-electron chi connectivity index (χ1n) is 5.61. The fourth-order valence-electron chi connectivity index (χ4n) is 2.10. The van der Waals surface area contributed by atoms with Crippen molar-refractivity contribution in [1.29, 1.82) is 0 Å². The number of hydrogen-bond donors (Lipinski definition) is 1. The second-order valence-electron chi connectivity index (χ2n) is 4.14. The summed E-state index contributed by atoms with van der Waals surface area (Å²) in [6, 6.07) is 2.53. The van der Waals surface area contributed by atoms with Gasteiger partial charge in [0, 0.05) is 26.2 Å². The van der Waals surface area contributed by atoms with Crippen LogP contribution in [0.2, 0.25) is 0 Å². The second kappa shape index (κ2) is 5.10. The van der Waals surface area contributed by atoms with Gasteiger partial charge in [-0.2, -0.15) is 13.2 Å². The third-order valence-corrected chi connectivity index (χ3v) is 2.89. The van der Waals surface area contributed by atoms with Crippen LogP contribution in [0.15, 0.2) is 22.8 Å². The zero-order chi connectivity index (χ0) is 12.3. The molecule has 0 aliphatic carbocycles. The Morgan fingerprint density at radius 1 is 1.35 bits per heavy atom. The average Bonchev–Trinajstić information content (AvgIpc) is 2.79. The van der Waals surface area contributed by atoms with Gasteiger partial charge in [0.25, 0.3) is 0 Å². The van der Waals surface area contributed by atoms with Crippen molar-refractivity contribution >= 4 is 0 Å². The van der Waals surface area contributed by atoms with E-state index in [0.29, 0.717) is 18.8 Å². The van der Waals surface area contributed by atoms with Crippen LogP contribution >= 0.6 is 0 Å². The molecule has 0 radical (unpaired) electrons. The predicted molar refractivity (Wildman–Crippen MR) is 56.6 cm³/mol. The van der Waals surface area contributed by atoms with Crippen molar-refractivity contribution in [2.24, 2.45) is 0 Å². The van der Waals surface area contributed by atoms with E-state index in [4.69, 9.17) is 4.42 Å². The molecule has 1 aromatic rings. The molecule has 0 bridgehead atoms. The molecule has 0 saturated carbocycles. The van der Waals surface area contributed by atoms with Crippen LogP contribution < -0.4 is 5.32 Å². The minimum absolute atomic E-state index is 0.393. The molecule has 0 aromatic carbocycles. The molecule has 0 amide bonds.